The van der Waals surface area contributed by atoms with Crippen molar-refractivity contribution in [3.63, 3.8) is 0 Å². The minimum absolute atomic E-state index is 0.465. The fourth-order valence-corrected chi connectivity index (χ4v) is 1.54. The Morgan fingerprint density at radius 2 is 2.58 bits per heavy atom. The van der Waals surface area contributed by atoms with Crippen LogP contribution in [0.3, 0.4) is 0 Å². The van der Waals surface area contributed by atoms with Crippen LogP contribution in [0.4, 0.5) is 0 Å². The van der Waals surface area contributed by atoms with Gasteiger partial charge in [0.1, 0.15) is 0 Å². The van der Waals surface area contributed by atoms with Crippen LogP contribution in [0.2, 0.25) is 0 Å². The van der Waals surface area contributed by atoms with E-state index in [0.29, 0.717) is 12.6 Å². The third-order valence-electron chi connectivity index (χ3n) is 2.13. The molecule has 0 bridgehead atoms. The van der Waals surface area contributed by atoms with Crippen molar-refractivity contribution in [2.45, 2.75) is 12.5 Å². The summed E-state index contributed by atoms with van der Waals surface area (Å²) in [5.41, 5.74) is 0. The fraction of sp³-hybridized carbons (Fsp3) is 0.667. The average Bonchev–Trinajstić information content (AvgIpc) is 2.50. The van der Waals surface area contributed by atoms with Gasteiger partial charge in [-0.3, -0.25) is 4.90 Å². The molecule has 0 spiro atoms. The summed E-state index contributed by atoms with van der Waals surface area (Å²) in [6.45, 7) is 7.29. The predicted molar refractivity (Wildman–Crippen MR) is 48.7 cm³/mol. The van der Waals surface area contributed by atoms with E-state index >= 15 is 0 Å². The molecule has 0 amide bonds. The van der Waals surface area contributed by atoms with E-state index in [1.807, 2.05) is 6.08 Å². The number of nitriles is 1. The van der Waals surface area contributed by atoms with Crippen molar-refractivity contribution in [1.29, 1.82) is 5.26 Å². The van der Waals surface area contributed by atoms with E-state index in [-0.39, 0.29) is 0 Å². The minimum atomic E-state index is 0.465. The van der Waals surface area contributed by atoms with E-state index in [1.54, 1.807) is 0 Å². The maximum absolute atomic E-state index is 8.35. The van der Waals surface area contributed by atoms with Crippen molar-refractivity contribution in [3.8, 4) is 6.07 Å². The molecule has 1 aliphatic heterocycles. The maximum Gasteiger partial charge on any atom is 0.0843 e. The molecule has 0 aliphatic carbocycles. The molecule has 1 fully saturated rings. The average molecular weight is 165 g/mol. The van der Waals surface area contributed by atoms with Gasteiger partial charge >= 0.3 is 0 Å². The number of nitrogens with zero attached hydrogens (tertiary/aromatic N) is 2. The number of nitrogens with one attached hydrogen (secondary N) is 1. The summed E-state index contributed by atoms with van der Waals surface area (Å²) < 4.78 is 0. The zero-order valence-corrected chi connectivity index (χ0v) is 7.29. The van der Waals surface area contributed by atoms with Gasteiger partial charge in [0.15, 0.2) is 0 Å². The highest BCUT2D eigenvalue weighted by Gasteiger charge is 2.20. The van der Waals surface area contributed by atoms with Crippen molar-refractivity contribution in [2.24, 2.45) is 0 Å². The molecule has 0 aromatic carbocycles. The van der Waals surface area contributed by atoms with Crippen molar-refractivity contribution >= 4 is 0 Å². The Balaban J connectivity index is 2.17. The molecular formula is C9H15N3. The first kappa shape index (κ1) is 9.24. The normalized spacial score (nSPS) is 23.8. The van der Waals surface area contributed by atoms with E-state index in [2.05, 4.69) is 22.9 Å². The highest BCUT2D eigenvalue weighted by Crippen LogP contribution is 2.07. The van der Waals surface area contributed by atoms with Gasteiger partial charge < -0.3 is 5.32 Å². The first-order valence-electron chi connectivity index (χ1n) is 4.30. The van der Waals surface area contributed by atoms with Crippen LogP contribution in [0.25, 0.3) is 0 Å². The lowest BCUT2D eigenvalue weighted by Crippen LogP contribution is -2.32. The second kappa shape index (κ2) is 4.91. The van der Waals surface area contributed by atoms with Gasteiger partial charge in [-0.05, 0) is 6.42 Å². The lowest BCUT2D eigenvalue weighted by Gasteiger charge is -2.12. The van der Waals surface area contributed by atoms with E-state index in [4.69, 9.17) is 5.26 Å². The Kier molecular flexibility index (Phi) is 3.78. The summed E-state index contributed by atoms with van der Waals surface area (Å²) in [4.78, 5) is 2.34. The van der Waals surface area contributed by atoms with Crippen LogP contribution in [0.15, 0.2) is 12.7 Å². The number of hydrogen-bond donors (Lipinski definition) is 1. The number of rotatable bonds is 4. The van der Waals surface area contributed by atoms with Gasteiger partial charge in [-0.15, -0.1) is 6.58 Å². The van der Waals surface area contributed by atoms with Crippen molar-refractivity contribution in [2.75, 3.05) is 26.2 Å². The van der Waals surface area contributed by atoms with Crippen LogP contribution in [0.1, 0.15) is 6.42 Å². The van der Waals surface area contributed by atoms with Crippen LogP contribution in [-0.4, -0.2) is 37.1 Å². The quantitative estimate of drug-likeness (QED) is 0.483. The summed E-state index contributed by atoms with van der Waals surface area (Å²) in [6.07, 6.45) is 3.07. The van der Waals surface area contributed by atoms with Crippen molar-refractivity contribution in [3.05, 3.63) is 12.7 Å². The molecule has 12 heavy (non-hydrogen) atoms. The third-order valence-corrected chi connectivity index (χ3v) is 2.13. The van der Waals surface area contributed by atoms with Gasteiger partial charge in [0.05, 0.1) is 12.6 Å². The third kappa shape index (κ3) is 2.65. The fourth-order valence-electron chi connectivity index (χ4n) is 1.54. The molecule has 0 aromatic rings. The smallest absolute Gasteiger partial charge is 0.0843 e. The summed E-state index contributed by atoms with van der Waals surface area (Å²) >= 11 is 0. The number of hydrogen-bond acceptors (Lipinski definition) is 3. The zero-order chi connectivity index (χ0) is 8.81. The van der Waals surface area contributed by atoms with Gasteiger partial charge in [-0.2, -0.15) is 5.26 Å². The molecule has 66 valence electrons. The molecule has 3 nitrogen and oxygen atoms in total. The molecule has 1 rings (SSSR count). The molecule has 1 saturated heterocycles. The molecular weight excluding hydrogens is 150 g/mol. The molecule has 1 aliphatic rings. The first-order valence-corrected chi connectivity index (χ1v) is 4.30. The summed E-state index contributed by atoms with van der Waals surface area (Å²) in [6, 6.07) is 2.60. The lowest BCUT2D eigenvalue weighted by atomic mass is 10.3. The van der Waals surface area contributed by atoms with Gasteiger partial charge in [0, 0.05) is 25.7 Å². The Morgan fingerprint density at radius 3 is 3.25 bits per heavy atom. The van der Waals surface area contributed by atoms with Crippen LogP contribution in [0.5, 0.6) is 0 Å². The Hall–Kier alpha value is -0.850. The highest BCUT2D eigenvalue weighted by atomic mass is 15.2. The van der Waals surface area contributed by atoms with Crippen LogP contribution < -0.4 is 5.32 Å². The molecule has 3 heteroatoms. The summed E-state index contributed by atoms with van der Waals surface area (Å²) in [5, 5.41) is 11.5. The molecule has 0 aromatic heterocycles. The molecule has 1 N–H and O–H groups in total. The van der Waals surface area contributed by atoms with Gasteiger partial charge in [0.2, 0.25) is 0 Å². The van der Waals surface area contributed by atoms with E-state index in [9.17, 15) is 0 Å². The molecule has 0 radical (unpaired) electrons. The highest BCUT2D eigenvalue weighted by molar-refractivity contribution is 4.87. The Bertz CT molecular complexity index is 183. The lowest BCUT2D eigenvalue weighted by molar-refractivity contribution is 0.365. The Morgan fingerprint density at radius 1 is 1.75 bits per heavy atom. The van der Waals surface area contributed by atoms with E-state index in [1.165, 1.54) is 0 Å². The first-order chi connectivity index (χ1) is 5.86. The monoisotopic (exact) mass is 165 g/mol. The summed E-state index contributed by atoms with van der Waals surface area (Å²) in [7, 11) is 0. The number of likely N-dealkylation sites (tertiary alicyclic amines) is 1. The topological polar surface area (TPSA) is 39.1 Å². The van der Waals surface area contributed by atoms with Crippen molar-refractivity contribution in [1.82, 2.24) is 10.2 Å². The SMILES string of the molecule is C=CCN1CCC(NCC#N)C1. The van der Waals surface area contributed by atoms with Crippen molar-refractivity contribution < 1.29 is 0 Å². The van der Waals surface area contributed by atoms with Gasteiger partial charge in [-0.25, -0.2) is 0 Å². The van der Waals surface area contributed by atoms with Crippen LogP contribution >= 0.6 is 0 Å². The standard InChI is InChI=1S/C9H15N3/c1-2-6-12-7-3-9(8-12)11-5-4-10/h2,9,11H,1,3,5-8H2. The zero-order valence-electron chi connectivity index (χ0n) is 7.29. The molecule has 1 unspecified atom stereocenters. The van der Waals surface area contributed by atoms with Gasteiger partial charge in [0.25, 0.3) is 0 Å². The Labute approximate surface area is 73.7 Å². The molecule has 0 saturated carbocycles. The second-order valence-corrected chi connectivity index (χ2v) is 3.07. The summed E-state index contributed by atoms with van der Waals surface area (Å²) in [5.74, 6) is 0. The van der Waals surface area contributed by atoms with E-state index < -0.39 is 0 Å². The second-order valence-electron chi connectivity index (χ2n) is 3.07. The molecule has 1 heterocycles. The predicted octanol–water partition coefficient (Wildman–Crippen LogP) is 0.360. The van der Waals surface area contributed by atoms with Crippen LogP contribution in [-0.2, 0) is 0 Å². The maximum atomic E-state index is 8.35. The minimum Gasteiger partial charge on any atom is -0.300 e. The van der Waals surface area contributed by atoms with E-state index in [0.717, 1.165) is 26.1 Å². The molecule has 1 atom stereocenters. The van der Waals surface area contributed by atoms with Gasteiger partial charge in [-0.1, -0.05) is 6.08 Å². The largest absolute Gasteiger partial charge is 0.300 e. The van der Waals surface area contributed by atoms with Crippen LogP contribution in [0, 0.1) is 11.3 Å².